The van der Waals surface area contributed by atoms with Crippen LogP contribution in [0.3, 0.4) is 0 Å². The smallest absolute Gasteiger partial charge is 0.177 e. The lowest BCUT2D eigenvalue weighted by molar-refractivity contribution is 0.102. The van der Waals surface area contributed by atoms with Gasteiger partial charge in [-0.25, -0.2) is 0 Å². The molecule has 1 saturated heterocycles. The number of rotatable bonds is 3. The van der Waals surface area contributed by atoms with E-state index >= 15 is 0 Å². The number of ether oxygens (including phenoxy) is 1. The molecule has 2 heterocycles. The Morgan fingerprint density at radius 1 is 1.32 bits per heavy atom. The molecule has 0 amide bonds. The molecule has 0 aliphatic carbocycles. The minimum atomic E-state index is -0.000935. The van der Waals surface area contributed by atoms with E-state index in [-0.39, 0.29) is 5.78 Å². The highest BCUT2D eigenvalue weighted by atomic mass is 32.1. The first-order valence-corrected chi connectivity index (χ1v) is 7.27. The SMILES string of the molecule is COc1c(N2CCCN(C)CC2)sc(C(C)=O)c1N. The first-order chi connectivity index (χ1) is 9.04. The first kappa shape index (κ1) is 14.1. The lowest BCUT2D eigenvalue weighted by atomic mass is 10.3. The van der Waals surface area contributed by atoms with Gasteiger partial charge in [-0.05, 0) is 20.0 Å². The zero-order chi connectivity index (χ0) is 14.0. The van der Waals surface area contributed by atoms with Gasteiger partial charge in [-0.3, -0.25) is 4.79 Å². The molecule has 0 radical (unpaired) electrons. The van der Waals surface area contributed by atoms with Crippen LogP contribution in [0.2, 0.25) is 0 Å². The van der Waals surface area contributed by atoms with Crippen molar-refractivity contribution in [1.29, 1.82) is 0 Å². The minimum absolute atomic E-state index is 0.000935. The molecule has 19 heavy (non-hydrogen) atoms. The molecule has 0 unspecified atom stereocenters. The number of likely N-dealkylation sites (N-methyl/N-ethyl adjacent to an activating group) is 1. The van der Waals surface area contributed by atoms with Gasteiger partial charge in [0.05, 0.1) is 17.7 Å². The molecule has 1 aliphatic rings. The van der Waals surface area contributed by atoms with Crippen LogP contribution in [0.1, 0.15) is 23.0 Å². The van der Waals surface area contributed by atoms with Gasteiger partial charge < -0.3 is 20.3 Å². The topological polar surface area (TPSA) is 58.8 Å². The molecule has 106 valence electrons. The Hall–Kier alpha value is -1.27. The number of thiophene rings is 1. The van der Waals surface area contributed by atoms with Crippen LogP contribution in [0.5, 0.6) is 5.75 Å². The monoisotopic (exact) mass is 283 g/mol. The standard InChI is InChI=1S/C13H21N3O2S/c1-9(17)12-10(14)11(18-3)13(19-12)16-6-4-5-15(2)7-8-16/h4-8,14H2,1-3H3. The molecule has 1 aliphatic heterocycles. The number of anilines is 2. The number of nitrogen functional groups attached to an aromatic ring is 1. The van der Waals surface area contributed by atoms with Crippen molar-refractivity contribution in [1.82, 2.24) is 4.90 Å². The number of hydrogen-bond donors (Lipinski definition) is 1. The highest BCUT2D eigenvalue weighted by Gasteiger charge is 2.24. The fourth-order valence-electron chi connectivity index (χ4n) is 2.33. The molecule has 1 fully saturated rings. The number of hydrogen-bond acceptors (Lipinski definition) is 6. The van der Waals surface area contributed by atoms with E-state index in [2.05, 4.69) is 16.8 Å². The number of nitrogens with zero attached hydrogens (tertiary/aromatic N) is 2. The first-order valence-electron chi connectivity index (χ1n) is 6.45. The van der Waals surface area contributed by atoms with Crippen molar-refractivity contribution in [2.75, 3.05) is 51.0 Å². The molecule has 6 heteroatoms. The average molecular weight is 283 g/mol. The maximum Gasteiger partial charge on any atom is 0.177 e. The van der Waals surface area contributed by atoms with Crippen molar-refractivity contribution >= 4 is 27.8 Å². The Morgan fingerprint density at radius 2 is 2.05 bits per heavy atom. The zero-order valence-electron chi connectivity index (χ0n) is 11.7. The largest absolute Gasteiger partial charge is 0.492 e. The summed E-state index contributed by atoms with van der Waals surface area (Å²) in [5.74, 6) is 0.652. The van der Waals surface area contributed by atoms with E-state index in [0.717, 1.165) is 37.6 Å². The summed E-state index contributed by atoms with van der Waals surface area (Å²) in [6.07, 6.45) is 1.10. The van der Waals surface area contributed by atoms with Gasteiger partial charge >= 0.3 is 0 Å². The summed E-state index contributed by atoms with van der Waals surface area (Å²) in [4.78, 5) is 16.8. The van der Waals surface area contributed by atoms with Gasteiger partial charge in [0.15, 0.2) is 11.5 Å². The summed E-state index contributed by atoms with van der Waals surface area (Å²) < 4.78 is 5.41. The molecule has 5 nitrogen and oxygen atoms in total. The lowest BCUT2D eigenvalue weighted by Crippen LogP contribution is -2.28. The van der Waals surface area contributed by atoms with Crippen molar-refractivity contribution in [2.24, 2.45) is 0 Å². The van der Waals surface area contributed by atoms with E-state index in [4.69, 9.17) is 10.5 Å². The Bertz CT molecular complexity index is 473. The third-order valence-corrected chi connectivity index (χ3v) is 4.76. The van der Waals surface area contributed by atoms with E-state index in [1.165, 1.54) is 11.3 Å². The molecule has 0 aromatic carbocycles. The molecule has 0 saturated carbocycles. The number of nitrogens with two attached hydrogens (primary N) is 1. The highest BCUT2D eigenvalue weighted by molar-refractivity contribution is 7.19. The normalized spacial score (nSPS) is 17.3. The predicted octanol–water partition coefficient (Wildman–Crippen LogP) is 1.68. The summed E-state index contributed by atoms with van der Waals surface area (Å²) in [5.41, 5.74) is 6.50. The molecule has 0 bridgehead atoms. The molecule has 2 rings (SSSR count). The van der Waals surface area contributed by atoms with Crippen molar-refractivity contribution < 1.29 is 9.53 Å². The van der Waals surface area contributed by atoms with Crippen molar-refractivity contribution in [3.05, 3.63) is 4.88 Å². The summed E-state index contributed by atoms with van der Waals surface area (Å²) in [6.45, 7) is 5.55. The summed E-state index contributed by atoms with van der Waals surface area (Å²) in [6, 6.07) is 0. The number of carbonyl (C=O) groups excluding carboxylic acids is 1. The van der Waals surface area contributed by atoms with E-state index < -0.39 is 0 Å². The molecule has 1 aromatic heterocycles. The van der Waals surface area contributed by atoms with Crippen LogP contribution in [0, 0.1) is 0 Å². The minimum Gasteiger partial charge on any atom is -0.492 e. The Labute approximate surface area is 117 Å². The van der Waals surface area contributed by atoms with Gasteiger partial charge in [0.25, 0.3) is 0 Å². The molecule has 0 atom stereocenters. The van der Waals surface area contributed by atoms with Gasteiger partial charge in [0.1, 0.15) is 5.00 Å². The fourth-order valence-corrected chi connectivity index (χ4v) is 3.47. The average Bonchev–Trinajstić information content (AvgIpc) is 2.54. The maximum absolute atomic E-state index is 11.6. The van der Waals surface area contributed by atoms with Gasteiger partial charge in [-0.15, -0.1) is 11.3 Å². The van der Waals surface area contributed by atoms with Crippen LogP contribution in [0.25, 0.3) is 0 Å². The van der Waals surface area contributed by atoms with E-state index in [0.29, 0.717) is 16.3 Å². The third kappa shape index (κ3) is 2.84. The van der Waals surface area contributed by atoms with Crippen LogP contribution < -0.4 is 15.4 Å². The summed E-state index contributed by atoms with van der Waals surface area (Å²) >= 11 is 1.44. The van der Waals surface area contributed by atoms with Crippen molar-refractivity contribution in [3.63, 3.8) is 0 Å². The summed E-state index contributed by atoms with van der Waals surface area (Å²) in [7, 11) is 3.74. The molecular formula is C13H21N3O2S. The molecular weight excluding hydrogens is 262 g/mol. The van der Waals surface area contributed by atoms with Gasteiger partial charge in [0.2, 0.25) is 0 Å². The van der Waals surface area contributed by atoms with E-state index in [9.17, 15) is 4.79 Å². The Morgan fingerprint density at radius 3 is 2.68 bits per heavy atom. The van der Waals surface area contributed by atoms with Crippen LogP contribution in [0.15, 0.2) is 0 Å². The van der Waals surface area contributed by atoms with Crippen molar-refractivity contribution in [2.45, 2.75) is 13.3 Å². The fraction of sp³-hybridized carbons (Fsp3) is 0.615. The van der Waals surface area contributed by atoms with Crippen LogP contribution in [-0.4, -0.2) is 51.0 Å². The van der Waals surface area contributed by atoms with Gasteiger partial charge in [0, 0.05) is 26.6 Å². The second kappa shape index (κ2) is 5.79. The van der Waals surface area contributed by atoms with Crippen LogP contribution in [0.4, 0.5) is 10.7 Å². The highest BCUT2D eigenvalue weighted by Crippen LogP contribution is 2.45. The number of carbonyl (C=O) groups is 1. The second-order valence-corrected chi connectivity index (χ2v) is 5.88. The second-order valence-electron chi connectivity index (χ2n) is 4.88. The van der Waals surface area contributed by atoms with Gasteiger partial charge in [-0.1, -0.05) is 0 Å². The zero-order valence-corrected chi connectivity index (χ0v) is 12.5. The van der Waals surface area contributed by atoms with E-state index in [1.807, 2.05) is 0 Å². The van der Waals surface area contributed by atoms with Gasteiger partial charge in [-0.2, -0.15) is 0 Å². The molecule has 2 N–H and O–H groups in total. The summed E-state index contributed by atoms with van der Waals surface area (Å²) in [5, 5.41) is 0.987. The van der Waals surface area contributed by atoms with Crippen molar-refractivity contribution in [3.8, 4) is 5.75 Å². The Balaban J connectivity index is 2.32. The molecule has 0 spiro atoms. The predicted molar refractivity (Wildman–Crippen MR) is 79.6 cm³/mol. The Kier molecular flexibility index (Phi) is 4.31. The number of methoxy groups -OCH3 is 1. The number of ketones is 1. The third-order valence-electron chi connectivity index (χ3n) is 3.41. The number of Topliss-reactive ketones (excluding diaryl/α,β-unsaturated/α-hetero) is 1. The van der Waals surface area contributed by atoms with E-state index in [1.54, 1.807) is 14.0 Å². The van der Waals surface area contributed by atoms with Crippen LogP contribution >= 0.6 is 11.3 Å². The molecule has 1 aromatic rings. The maximum atomic E-state index is 11.6. The lowest BCUT2D eigenvalue weighted by Gasteiger charge is -2.21. The quantitative estimate of drug-likeness (QED) is 0.855. The van der Waals surface area contributed by atoms with Crippen LogP contribution in [-0.2, 0) is 0 Å².